The molecule has 1 saturated heterocycles. The van der Waals surface area contributed by atoms with Crippen LogP contribution in [0.3, 0.4) is 0 Å². The van der Waals surface area contributed by atoms with Gasteiger partial charge < -0.3 is 4.90 Å². The van der Waals surface area contributed by atoms with Crippen molar-refractivity contribution in [2.45, 2.75) is 43.9 Å². The van der Waals surface area contributed by atoms with Crippen LogP contribution >= 0.6 is 23.4 Å². The highest BCUT2D eigenvalue weighted by Gasteiger charge is 2.29. The van der Waals surface area contributed by atoms with Gasteiger partial charge in [-0.25, -0.2) is 14.6 Å². The third-order valence-corrected chi connectivity index (χ3v) is 6.17. The van der Waals surface area contributed by atoms with E-state index in [9.17, 15) is 0 Å². The van der Waals surface area contributed by atoms with Crippen LogP contribution in [0.25, 0.3) is 11.2 Å². The molecule has 2 aromatic heterocycles. The van der Waals surface area contributed by atoms with Gasteiger partial charge in [0.15, 0.2) is 22.1 Å². The molecule has 4 rings (SSSR count). The molecule has 142 valence electrons. The largest absolute Gasteiger partial charge is 0.350 e. The predicted molar refractivity (Wildman–Crippen MR) is 111 cm³/mol. The highest BCUT2D eigenvalue weighted by atomic mass is 35.5. The van der Waals surface area contributed by atoms with Gasteiger partial charge in [-0.2, -0.15) is 0 Å². The molecule has 3 aromatic rings. The minimum atomic E-state index is 0.299. The van der Waals surface area contributed by atoms with Crippen molar-refractivity contribution in [2.75, 3.05) is 23.1 Å². The highest BCUT2D eigenvalue weighted by molar-refractivity contribution is 7.99. The predicted octanol–water partition coefficient (Wildman–Crippen LogP) is 3.98. The number of halogens is 1. The molecular weight excluding hydrogens is 380 g/mol. The number of nitrogens with zero attached hydrogens (tertiary/aromatic N) is 6. The topological polar surface area (TPSA) is 59.7 Å². The number of hydrogen-bond acceptors (Lipinski definition) is 6. The molecule has 1 aliphatic heterocycles. The summed E-state index contributed by atoms with van der Waals surface area (Å²) in [4.78, 5) is 11.9. The fourth-order valence-electron chi connectivity index (χ4n) is 3.42. The average molecular weight is 403 g/mol. The molecule has 1 atom stereocenters. The number of rotatable bonds is 7. The molecule has 8 heteroatoms. The van der Waals surface area contributed by atoms with E-state index >= 15 is 0 Å². The number of alkyl halides is 1. The molecule has 0 N–H and O–H groups in total. The van der Waals surface area contributed by atoms with Crippen molar-refractivity contribution in [1.29, 1.82) is 0 Å². The second-order valence-corrected chi connectivity index (χ2v) is 8.10. The average Bonchev–Trinajstić information content (AvgIpc) is 3.34. The van der Waals surface area contributed by atoms with Crippen LogP contribution in [0.2, 0.25) is 0 Å². The molecule has 0 saturated carbocycles. The van der Waals surface area contributed by atoms with Crippen molar-refractivity contribution in [3.05, 3.63) is 35.9 Å². The lowest BCUT2D eigenvalue weighted by atomic mass is 10.2. The smallest absolute Gasteiger partial charge is 0.191 e. The zero-order valence-corrected chi connectivity index (χ0v) is 17.0. The Morgan fingerprint density at radius 3 is 2.85 bits per heavy atom. The summed E-state index contributed by atoms with van der Waals surface area (Å²) in [6.07, 6.45) is 3.29. The molecule has 0 bridgehead atoms. The number of thioether (sulfide) groups is 1. The molecule has 1 aliphatic rings. The number of aromatic nitrogens is 5. The summed E-state index contributed by atoms with van der Waals surface area (Å²) >= 11 is 7.89. The van der Waals surface area contributed by atoms with Crippen LogP contribution < -0.4 is 4.90 Å². The van der Waals surface area contributed by atoms with Gasteiger partial charge in [0.25, 0.3) is 0 Å². The first-order chi connectivity index (χ1) is 13.3. The minimum absolute atomic E-state index is 0.299. The van der Waals surface area contributed by atoms with E-state index in [-0.39, 0.29) is 0 Å². The van der Waals surface area contributed by atoms with E-state index in [0.717, 1.165) is 53.7 Å². The van der Waals surface area contributed by atoms with E-state index in [0.29, 0.717) is 18.5 Å². The number of anilines is 1. The monoisotopic (exact) mass is 402 g/mol. The summed E-state index contributed by atoms with van der Waals surface area (Å²) in [6, 6.07) is 10.6. The van der Waals surface area contributed by atoms with E-state index in [1.165, 1.54) is 5.56 Å². The molecule has 0 spiro atoms. The van der Waals surface area contributed by atoms with Gasteiger partial charge in [0.05, 0.1) is 6.54 Å². The Morgan fingerprint density at radius 2 is 2.07 bits per heavy atom. The Hall–Kier alpha value is -1.86. The van der Waals surface area contributed by atoms with Crippen molar-refractivity contribution >= 4 is 40.3 Å². The van der Waals surface area contributed by atoms with Crippen molar-refractivity contribution < 1.29 is 0 Å². The lowest BCUT2D eigenvalue weighted by Gasteiger charge is -2.24. The minimum Gasteiger partial charge on any atom is -0.350 e. The van der Waals surface area contributed by atoms with E-state index in [1.807, 2.05) is 22.9 Å². The lowest BCUT2D eigenvalue weighted by Crippen LogP contribution is -2.31. The van der Waals surface area contributed by atoms with Crippen molar-refractivity contribution in [1.82, 2.24) is 25.0 Å². The highest BCUT2D eigenvalue weighted by Crippen LogP contribution is 2.31. The van der Waals surface area contributed by atoms with Gasteiger partial charge in [0.1, 0.15) is 0 Å². The normalized spacial score (nSPS) is 17.1. The van der Waals surface area contributed by atoms with E-state index < -0.39 is 0 Å². The Bertz CT molecular complexity index is 900. The SMILES string of the molecule is CCCSc1nc(N2CCC[C@H]2CCl)c2nnn(Cc3ccccc3)c2n1. The zero-order chi connectivity index (χ0) is 18.6. The summed E-state index contributed by atoms with van der Waals surface area (Å²) in [5, 5.41) is 9.62. The van der Waals surface area contributed by atoms with Crippen LogP contribution in [-0.4, -0.2) is 49.2 Å². The standard InChI is InChI=1S/C19H23ClN6S/c1-2-11-27-19-21-17(25-10-6-9-15(25)12-20)16-18(22-19)26(24-23-16)13-14-7-4-3-5-8-14/h3-5,7-8,15H,2,6,9-13H2,1H3/t15-/m0/s1. The van der Waals surface area contributed by atoms with Crippen molar-refractivity contribution in [2.24, 2.45) is 0 Å². The van der Waals surface area contributed by atoms with E-state index in [1.54, 1.807) is 11.8 Å². The maximum Gasteiger partial charge on any atom is 0.191 e. The molecule has 0 amide bonds. The van der Waals surface area contributed by atoms with Gasteiger partial charge in [-0.05, 0) is 24.8 Å². The van der Waals surface area contributed by atoms with Gasteiger partial charge >= 0.3 is 0 Å². The fourth-order valence-corrected chi connectivity index (χ4v) is 4.43. The van der Waals surface area contributed by atoms with Crippen molar-refractivity contribution in [3.8, 4) is 0 Å². The third kappa shape index (κ3) is 3.89. The Balaban J connectivity index is 1.77. The first kappa shape index (κ1) is 18.5. The lowest BCUT2D eigenvalue weighted by molar-refractivity contribution is 0.661. The molecular formula is C19H23ClN6S. The summed E-state index contributed by atoms with van der Waals surface area (Å²) in [6.45, 7) is 3.76. The molecule has 6 nitrogen and oxygen atoms in total. The molecule has 1 fully saturated rings. The molecule has 3 heterocycles. The van der Waals surface area contributed by atoms with Crippen LogP contribution in [0, 0.1) is 0 Å². The molecule has 27 heavy (non-hydrogen) atoms. The maximum atomic E-state index is 6.21. The fraction of sp³-hybridized carbons (Fsp3) is 0.474. The summed E-state index contributed by atoms with van der Waals surface area (Å²) in [5.74, 6) is 2.46. The first-order valence-electron chi connectivity index (χ1n) is 9.40. The van der Waals surface area contributed by atoms with Crippen LogP contribution in [0.1, 0.15) is 31.7 Å². The third-order valence-electron chi connectivity index (χ3n) is 4.76. The maximum absolute atomic E-state index is 6.21. The molecule has 1 aromatic carbocycles. The number of benzene rings is 1. The molecule has 0 aliphatic carbocycles. The van der Waals surface area contributed by atoms with E-state index in [4.69, 9.17) is 21.6 Å². The number of hydrogen-bond donors (Lipinski definition) is 0. The van der Waals surface area contributed by atoms with Gasteiger partial charge in [-0.1, -0.05) is 54.2 Å². The van der Waals surface area contributed by atoms with Crippen LogP contribution in [-0.2, 0) is 6.54 Å². The first-order valence-corrected chi connectivity index (χ1v) is 10.9. The van der Waals surface area contributed by atoms with Gasteiger partial charge in [0.2, 0.25) is 0 Å². The van der Waals surface area contributed by atoms with Crippen LogP contribution in [0.15, 0.2) is 35.5 Å². The number of fused-ring (bicyclic) bond motifs is 1. The van der Waals surface area contributed by atoms with Gasteiger partial charge in [0, 0.05) is 24.2 Å². The Morgan fingerprint density at radius 1 is 1.22 bits per heavy atom. The van der Waals surface area contributed by atoms with Crippen LogP contribution in [0.4, 0.5) is 5.82 Å². The van der Waals surface area contributed by atoms with Crippen molar-refractivity contribution in [3.63, 3.8) is 0 Å². The quantitative estimate of drug-likeness (QED) is 0.338. The summed E-state index contributed by atoms with van der Waals surface area (Å²) in [5.41, 5.74) is 2.73. The second-order valence-electron chi connectivity index (χ2n) is 6.73. The Kier molecular flexibility index (Phi) is 5.78. The summed E-state index contributed by atoms with van der Waals surface area (Å²) in [7, 11) is 0. The Labute approximate surface area is 168 Å². The van der Waals surface area contributed by atoms with Gasteiger partial charge in [-0.3, -0.25) is 0 Å². The zero-order valence-electron chi connectivity index (χ0n) is 15.4. The molecule has 0 radical (unpaired) electrons. The second kappa shape index (κ2) is 8.44. The summed E-state index contributed by atoms with van der Waals surface area (Å²) < 4.78 is 1.87. The molecule has 0 unspecified atom stereocenters. The van der Waals surface area contributed by atoms with E-state index in [2.05, 4.69) is 34.3 Å². The van der Waals surface area contributed by atoms with Gasteiger partial charge in [-0.15, -0.1) is 16.7 Å². The van der Waals surface area contributed by atoms with Crippen LogP contribution in [0.5, 0.6) is 0 Å².